The molecule has 0 aliphatic rings. The van der Waals surface area contributed by atoms with Crippen LogP contribution >= 0.6 is 0 Å². The van der Waals surface area contributed by atoms with Crippen molar-refractivity contribution < 1.29 is 28.6 Å². The lowest BCUT2D eigenvalue weighted by atomic mass is 10.1. The fraction of sp³-hybridized carbons (Fsp3) is 0.667. The summed E-state index contributed by atoms with van der Waals surface area (Å²) in [6.45, 7) is 6.40. The van der Waals surface area contributed by atoms with Crippen LogP contribution in [-0.2, 0) is 28.6 Å². The van der Waals surface area contributed by atoms with E-state index in [1.807, 2.05) is 0 Å². The zero-order valence-corrected chi connectivity index (χ0v) is 40.8. The molecule has 0 aromatic rings. The highest BCUT2D eigenvalue weighted by molar-refractivity contribution is 5.71. The highest BCUT2D eigenvalue weighted by Gasteiger charge is 2.19. The van der Waals surface area contributed by atoms with Gasteiger partial charge in [0.15, 0.2) is 6.10 Å². The van der Waals surface area contributed by atoms with Gasteiger partial charge in [-0.15, -0.1) is 0 Å². The minimum Gasteiger partial charge on any atom is -0.462 e. The first kappa shape index (κ1) is 59.3. The third kappa shape index (κ3) is 49.2. The molecule has 0 spiro atoms. The van der Waals surface area contributed by atoms with Crippen molar-refractivity contribution in [2.45, 2.75) is 232 Å². The van der Waals surface area contributed by atoms with Crippen LogP contribution in [0.1, 0.15) is 226 Å². The number of unbranched alkanes of at least 4 members (excludes halogenated alkanes) is 19. The monoisotopic (exact) mass is 875 g/mol. The number of carbonyl (C=O) groups excluding carboxylic acids is 3. The summed E-state index contributed by atoms with van der Waals surface area (Å²) in [5.41, 5.74) is 0. The zero-order valence-electron chi connectivity index (χ0n) is 40.8. The molecule has 0 bridgehead atoms. The Morgan fingerprint density at radius 1 is 0.349 bits per heavy atom. The van der Waals surface area contributed by atoms with E-state index in [0.29, 0.717) is 12.8 Å². The van der Waals surface area contributed by atoms with E-state index in [1.54, 1.807) is 0 Å². The molecule has 0 amide bonds. The van der Waals surface area contributed by atoms with E-state index in [9.17, 15) is 14.4 Å². The van der Waals surface area contributed by atoms with Crippen LogP contribution in [0.3, 0.4) is 0 Å². The third-order valence-electron chi connectivity index (χ3n) is 10.6. The molecule has 0 radical (unpaired) electrons. The predicted molar refractivity (Wildman–Crippen MR) is 270 cm³/mol. The van der Waals surface area contributed by atoms with E-state index >= 15 is 0 Å². The molecule has 0 aromatic carbocycles. The number of ether oxygens (including phenoxy) is 3. The van der Waals surface area contributed by atoms with Gasteiger partial charge in [-0.1, -0.05) is 195 Å². The lowest BCUT2D eigenvalue weighted by Gasteiger charge is -2.18. The zero-order chi connectivity index (χ0) is 45.8. The second-order valence-electron chi connectivity index (χ2n) is 16.7. The first-order valence-corrected chi connectivity index (χ1v) is 25.8. The van der Waals surface area contributed by atoms with Crippen LogP contribution in [0.25, 0.3) is 0 Å². The Kier molecular flexibility index (Phi) is 48.0. The third-order valence-corrected chi connectivity index (χ3v) is 10.6. The quantitative estimate of drug-likeness (QED) is 0.0199. The number of carbonyl (C=O) groups is 3. The number of hydrogen-bond donors (Lipinski definition) is 0. The van der Waals surface area contributed by atoms with Crippen molar-refractivity contribution in [3.05, 3.63) is 97.2 Å². The second-order valence-corrected chi connectivity index (χ2v) is 16.7. The van der Waals surface area contributed by atoms with Gasteiger partial charge in [0.2, 0.25) is 0 Å². The Morgan fingerprint density at radius 2 is 0.683 bits per heavy atom. The minimum absolute atomic E-state index is 0.106. The molecule has 358 valence electrons. The lowest BCUT2D eigenvalue weighted by molar-refractivity contribution is -0.167. The Morgan fingerprint density at radius 3 is 1.14 bits per heavy atom. The number of esters is 3. The van der Waals surface area contributed by atoms with E-state index in [0.717, 1.165) is 128 Å². The summed E-state index contributed by atoms with van der Waals surface area (Å²) in [6, 6.07) is 0. The van der Waals surface area contributed by atoms with Crippen LogP contribution in [0, 0.1) is 0 Å². The van der Waals surface area contributed by atoms with Gasteiger partial charge in [-0.2, -0.15) is 0 Å². The summed E-state index contributed by atoms with van der Waals surface area (Å²) in [5.74, 6) is -0.983. The topological polar surface area (TPSA) is 78.9 Å². The molecular formula is C57H94O6. The highest BCUT2D eigenvalue weighted by atomic mass is 16.6. The second kappa shape index (κ2) is 51.0. The van der Waals surface area contributed by atoms with Gasteiger partial charge in [-0.3, -0.25) is 14.4 Å². The Labute approximate surface area is 387 Å². The summed E-state index contributed by atoms with van der Waals surface area (Å²) in [5, 5.41) is 0. The van der Waals surface area contributed by atoms with Crippen molar-refractivity contribution in [1.29, 1.82) is 0 Å². The van der Waals surface area contributed by atoms with Gasteiger partial charge >= 0.3 is 17.9 Å². The van der Waals surface area contributed by atoms with Gasteiger partial charge in [0.25, 0.3) is 0 Å². The largest absolute Gasteiger partial charge is 0.462 e. The molecule has 6 heteroatoms. The Hall–Kier alpha value is -3.67. The maximum Gasteiger partial charge on any atom is 0.306 e. The molecular weight excluding hydrogens is 781 g/mol. The summed E-state index contributed by atoms with van der Waals surface area (Å²) < 4.78 is 16.7. The van der Waals surface area contributed by atoms with E-state index in [-0.39, 0.29) is 37.5 Å². The van der Waals surface area contributed by atoms with Crippen molar-refractivity contribution in [2.24, 2.45) is 0 Å². The van der Waals surface area contributed by atoms with Crippen molar-refractivity contribution in [2.75, 3.05) is 13.2 Å². The van der Waals surface area contributed by atoms with Gasteiger partial charge < -0.3 is 14.2 Å². The molecule has 0 aromatic heterocycles. The van der Waals surface area contributed by atoms with Crippen LogP contribution in [0.15, 0.2) is 97.2 Å². The molecule has 0 N–H and O–H groups in total. The molecule has 63 heavy (non-hydrogen) atoms. The maximum absolute atomic E-state index is 12.8. The fourth-order valence-electron chi connectivity index (χ4n) is 6.67. The van der Waals surface area contributed by atoms with E-state index in [4.69, 9.17) is 14.2 Å². The van der Waals surface area contributed by atoms with Gasteiger partial charge in [0, 0.05) is 19.3 Å². The van der Waals surface area contributed by atoms with Crippen LogP contribution < -0.4 is 0 Å². The summed E-state index contributed by atoms with van der Waals surface area (Å²) >= 11 is 0. The summed E-state index contributed by atoms with van der Waals surface area (Å²) in [7, 11) is 0. The summed E-state index contributed by atoms with van der Waals surface area (Å²) in [4.78, 5) is 37.9. The number of hydrogen-bond acceptors (Lipinski definition) is 6. The Balaban J connectivity index is 4.48. The fourth-order valence-corrected chi connectivity index (χ4v) is 6.67. The van der Waals surface area contributed by atoms with Crippen molar-refractivity contribution in [3.63, 3.8) is 0 Å². The van der Waals surface area contributed by atoms with Crippen LogP contribution in [0.4, 0.5) is 0 Å². The van der Waals surface area contributed by atoms with Gasteiger partial charge in [-0.05, 0) is 109 Å². The van der Waals surface area contributed by atoms with E-state index < -0.39 is 6.10 Å². The number of allylic oxidation sites excluding steroid dienone is 16. The molecule has 6 nitrogen and oxygen atoms in total. The lowest BCUT2D eigenvalue weighted by Crippen LogP contribution is -2.30. The minimum atomic E-state index is -0.809. The smallest absolute Gasteiger partial charge is 0.306 e. The van der Waals surface area contributed by atoms with Crippen molar-refractivity contribution in [3.8, 4) is 0 Å². The Bertz CT molecular complexity index is 1280. The van der Waals surface area contributed by atoms with Gasteiger partial charge in [-0.25, -0.2) is 0 Å². The standard InChI is InChI=1S/C57H94O6/c1-4-7-10-13-16-19-22-24-26-28-29-30-32-33-35-38-41-44-47-50-56(59)62-53-54(52-61-55(58)49-46-43-40-37-21-18-15-12-9-6-3)63-57(60)51-48-45-42-39-36-34-31-27-25-23-20-17-14-11-8-5-2/h7,10,15-16,18-19,24,26-27,29-31,33-36,54H,4-6,8-9,11-14,17,20-23,25,28,32,37-53H2,1-3H3/b10-7-,18-15-,19-16-,26-24-,30-29-,31-27-,35-33-,36-34-. The average molecular weight is 875 g/mol. The molecule has 0 heterocycles. The van der Waals surface area contributed by atoms with Crippen molar-refractivity contribution >= 4 is 17.9 Å². The molecule has 0 fully saturated rings. The molecule has 0 aliphatic heterocycles. The molecule has 1 atom stereocenters. The molecule has 0 rings (SSSR count). The highest BCUT2D eigenvalue weighted by Crippen LogP contribution is 2.12. The molecule has 1 unspecified atom stereocenters. The van der Waals surface area contributed by atoms with Crippen LogP contribution in [-0.4, -0.2) is 37.2 Å². The molecule has 0 saturated carbocycles. The van der Waals surface area contributed by atoms with Crippen LogP contribution in [0.5, 0.6) is 0 Å². The molecule has 0 aliphatic carbocycles. The normalized spacial score (nSPS) is 12.9. The van der Waals surface area contributed by atoms with Crippen molar-refractivity contribution in [1.82, 2.24) is 0 Å². The first-order valence-electron chi connectivity index (χ1n) is 25.8. The van der Waals surface area contributed by atoms with E-state index in [1.165, 1.54) is 57.8 Å². The van der Waals surface area contributed by atoms with E-state index in [2.05, 4.69) is 118 Å². The van der Waals surface area contributed by atoms with Gasteiger partial charge in [0.1, 0.15) is 13.2 Å². The maximum atomic E-state index is 12.8. The van der Waals surface area contributed by atoms with Gasteiger partial charge in [0.05, 0.1) is 0 Å². The molecule has 0 saturated heterocycles. The summed E-state index contributed by atoms with van der Waals surface area (Å²) in [6.07, 6.45) is 66.8. The first-order chi connectivity index (χ1) is 31.0. The predicted octanol–water partition coefficient (Wildman–Crippen LogP) is 17.0. The SMILES string of the molecule is CC/C=C\C/C=C\C/C=C\C/C=C\C/C=C\CCCCCC(=O)OCC(COC(=O)CCCCCC/C=C\CCCC)OC(=O)CCCCC/C=C\C=C/CCCCCCCCC. The van der Waals surface area contributed by atoms with Crippen LogP contribution in [0.2, 0.25) is 0 Å². The number of rotatable bonds is 45. The average Bonchev–Trinajstić information content (AvgIpc) is 3.28.